The van der Waals surface area contributed by atoms with Crippen LogP contribution >= 0.6 is 0 Å². The summed E-state index contributed by atoms with van der Waals surface area (Å²) in [6, 6.07) is 13.9. The van der Waals surface area contributed by atoms with Gasteiger partial charge in [0.25, 0.3) is 11.6 Å². The van der Waals surface area contributed by atoms with Crippen LogP contribution in [0.4, 0.5) is 17.1 Å². The zero-order valence-corrected chi connectivity index (χ0v) is 16.2. The van der Waals surface area contributed by atoms with E-state index in [9.17, 15) is 19.7 Å². The number of piperidine rings is 1. The molecule has 29 heavy (non-hydrogen) atoms. The molecule has 0 bridgehead atoms. The van der Waals surface area contributed by atoms with Crippen LogP contribution in [0.15, 0.2) is 48.5 Å². The number of benzene rings is 2. The van der Waals surface area contributed by atoms with Gasteiger partial charge in [0.1, 0.15) is 5.69 Å². The standard InChI is InChI=1S/C21H23N3O5/c1-15-5-4-6-17(13-15)22-20(25)14-29-21(26)16-9-11-23(12-10-16)18-7-2-3-8-19(18)24(27)28/h2-8,13,16H,9-12,14H2,1H3,(H,22,25). The van der Waals surface area contributed by atoms with Crippen molar-refractivity contribution in [2.24, 2.45) is 5.92 Å². The summed E-state index contributed by atoms with van der Waals surface area (Å²) in [5.74, 6) is -1.12. The number of carbonyl (C=O) groups is 2. The van der Waals surface area contributed by atoms with E-state index in [0.29, 0.717) is 37.3 Å². The van der Waals surface area contributed by atoms with Gasteiger partial charge in [-0.1, -0.05) is 24.3 Å². The highest BCUT2D eigenvalue weighted by atomic mass is 16.6. The SMILES string of the molecule is Cc1cccc(NC(=O)COC(=O)C2CCN(c3ccccc3[N+](=O)[O-])CC2)c1. The molecule has 8 nitrogen and oxygen atoms in total. The molecular formula is C21H23N3O5. The normalized spacial score (nSPS) is 14.3. The summed E-state index contributed by atoms with van der Waals surface area (Å²) >= 11 is 0. The van der Waals surface area contributed by atoms with E-state index in [2.05, 4.69) is 5.32 Å². The molecule has 2 aromatic rings. The van der Waals surface area contributed by atoms with Crippen LogP contribution in [0, 0.1) is 23.0 Å². The average Bonchev–Trinajstić information content (AvgIpc) is 2.72. The van der Waals surface area contributed by atoms with Crippen molar-refractivity contribution in [1.29, 1.82) is 0 Å². The van der Waals surface area contributed by atoms with Crippen molar-refractivity contribution in [3.63, 3.8) is 0 Å². The van der Waals surface area contributed by atoms with E-state index in [1.807, 2.05) is 30.0 Å². The molecule has 0 saturated carbocycles. The summed E-state index contributed by atoms with van der Waals surface area (Å²) in [4.78, 5) is 37.0. The van der Waals surface area contributed by atoms with Gasteiger partial charge >= 0.3 is 5.97 Å². The van der Waals surface area contributed by atoms with Crippen LogP contribution in [0.25, 0.3) is 0 Å². The number of nitrogens with zero attached hydrogens (tertiary/aromatic N) is 2. The topological polar surface area (TPSA) is 102 Å². The number of rotatable bonds is 6. The number of anilines is 2. The second-order valence-electron chi connectivity index (χ2n) is 7.03. The second-order valence-corrected chi connectivity index (χ2v) is 7.03. The van der Waals surface area contributed by atoms with Crippen molar-refractivity contribution in [1.82, 2.24) is 0 Å². The Bertz CT molecular complexity index is 907. The van der Waals surface area contributed by atoms with Gasteiger partial charge < -0.3 is 15.0 Å². The van der Waals surface area contributed by atoms with Gasteiger partial charge in [-0.2, -0.15) is 0 Å². The average molecular weight is 397 g/mol. The van der Waals surface area contributed by atoms with Gasteiger partial charge in [0.15, 0.2) is 6.61 Å². The fourth-order valence-electron chi connectivity index (χ4n) is 3.42. The molecule has 0 unspecified atom stereocenters. The molecule has 1 N–H and O–H groups in total. The Hall–Kier alpha value is -3.42. The zero-order chi connectivity index (χ0) is 20.8. The first-order chi connectivity index (χ1) is 13.9. The van der Waals surface area contributed by atoms with Crippen LogP contribution in [0.5, 0.6) is 0 Å². The van der Waals surface area contributed by atoms with Crippen LogP contribution < -0.4 is 10.2 Å². The number of nitro benzene ring substituents is 1. The van der Waals surface area contributed by atoms with E-state index < -0.39 is 10.9 Å². The first kappa shape index (κ1) is 20.3. The third kappa shape index (κ3) is 5.31. The van der Waals surface area contributed by atoms with Crippen molar-refractivity contribution in [3.05, 3.63) is 64.2 Å². The lowest BCUT2D eigenvalue weighted by Crippen LogP contribution is -2.37. The number of carbonyl (C=O) groups excluding carboxylic acids is 2. The highest BCUT2D eigenvalue weighted by Gasteiger charge is 2.29. The maximum atomic E-state index is 12.3. The van der Waals surface area contributed by atoms with Gasteiger partial charge in [-0.3, -0.25) is 19.7 Å². The Morgan fingerprint density at radius 3 is 2.59 bits per heavy atom. The minimum Gasteiger partial charge on any atom is -0.455 e. The molecule has 0 radical (unpaired) electrons. The summed E-state index contributed by atoms with van der Waals surface area (Å²) < 4.78 is 5.17. The van der Waals surface area contributed by atoms with Crippen LogP contribution in [0.2, 0.25) is 0 Å². The molecule has 152 valence electrons. The van der Waals surface area contributed by atoms with Crippen molar-refractivity contribution in [3.8, 4) is 0 Å². The van der Waals surface area contributed by atoms with Gasteiger partial charge in [0.05, 0.1) is 10.8 Å². The molecule has 0 aliphatic carbocycles. The predicted molar refractivity (Wildman–Crippen MR) is 109 cm³/mol. The van der Waals surface area contributed by atoms with Crippen molar-refractivity contribution in [2.75, 3.05) is 29.9 Å². The van der Waals surface area contributed by atoms with Crippen LogP contribution in [-0.4, -0.2) is 36.5 Å². The molecule has 1 heterocycles. The number of nitro groups is 1. The molecule has 0 spiro atoms. The van der Waals surface area contributed by atoms with E-state index in [0.717, 1.165) is 5.56 Å². The van der Waals surface area contributed by atoms with Gasteiger partial charge in [-0.25, -0.2) is 0 Å². The number of esters is 1. The number of ether oxygens (including phenoxy) is 1. The maximum Gasteiger partial charge on any atom is 0.309 e. The molecule has 8 heteroatoms. The van der Waals surface area contributed by atoms with Gasteiger partial charge in [0, 0.05) is 24.8 Å². The van der Waals surface area contributed by atoms with Crippen molar-refractivity contribution < 1.29 is 19.2 Å². The molecule has 1 amide bonds. The number of hydrogen-bond acceptors (Lipinski definition) is 6. The van der Waals surface area contributed by atoms with Gasteiger partial charge in [-0.15, -0.1) is 0 Å². The number of para-hydroxylation sites is 2. The first-order valence-electron chi connectivity index (χ1n) is 9.45. The highest BCUT2D eigenvalue weighted by molar-refractivity contribution is 5.93. The minimum atomic E-state index is -0.411. The van der Waals surface area contributed by atoms with E-state index >= 15 is 0 Å². The monoisotopic (exact) mass is 397 g/mol. The van der Waals surface area contributed by atoms with E-state index in [1.54, 1.807) is 24.3 Å². The Labute approximate surface area is 168 Å². The predicted octanol–water partition coefficient (Wildman–Crippen LogP) is 3.30. The van der Waals surface area contributed by atoms with E-state index in [1.165, 1.54) is 6.07 Å². The Balaban J connectivity index is 1.48. The van der Waals surface area contributed by atoms with Gasteiger partial charge in [0.2, 0.25) is 0 Å². The summed E-state index contributed by atoms with van der Waals surface area (Å²) in [7, 11) is 0. The van der Waals surface area contributed by atoms with Crippen molar-refractivity contribution >= 4 is 28.9 Å². The fraction of sp³-hybridized carbons (Fsp3) is 0.333. The van der Waals surface area contributed by atoms with E-state index in [-0.39, 0.29) is 24.1 Å². The molecular weight excluding hydrogens is 374 g/mol. The van der Waals surface area contributed by atoms with Gasteiger partial charge in [-0.05, 0) is 43.5 Å². The zero-order valence-electron chi connectivity index (χ0n) is 16.2. The van der Waals surface area contributed by atoms with E-state index in [4.69, 9.17) is 4.74 Å². The van der Waals surface area contributed by atoms with Crippen LogP contribution in [0.1, 0.15) is 18.4 Å². The summed E-state index contributed by atoms with van der Waals surface area (Å²) in [5.41, 5.74) is 2.29. The van der Waals surface area contributed by atoms with Crippen LogP contribution in [0.3, 0.4) is 0 Å². The quantitative estimate of drug-likeness (QED) is 0.456. The number of amides is 1. The molecule has 1 aliphatic rings. The Kier molecular flexibility index (Phi) is 6.43. The summed E-state index contributed by atoms with van der Waals surface area (Å²) in [6.45, 7) is 2.61. The molecule has 0 aromatic heterocycles. The largest absolute Gasteiger partial charge is 0.455 e. The number of nitrogens with one attached hydrogen (secondary N) is 1. The van der Waals surface area contributed by atoms with Crippen LogP contribution in [-0.2, 0) is 14.3 Å². The first-order valence-corrected chi connectivity index (χ1v) is 9.45. The Morgan fingerprint density at radius 2 is 1.90 bits per heavy atom. The lowest BCUT2D eigenvalue weighted by Gasteiger charge is -2.32. The molecule has 1 fully saturated rings. The molecule has 3 rings (SSSR count). The fourth-order valence-corrected chi connectivity index (χ4v) is 3.42. The summed E-state index contributed by atoms with van der Waals surface area (Å²) in [5, 5.41) is 13.9. The third-order valence-corrected chi connectivity index (χ3v) is 4.89. The number of aryl methyl sites for hydroxylation is 1. The van der Waals surface area contributed by atoms with Crippen molar-refractivity contribution in [2.45, 2.75) is 19.8 Å². The lowest BCUT2D eigenvalue weighted by molar-refractivity contribution is -0.384. The maximum absolute atomic E-state index is 12.3. The smallest absolute Gasteiger partial charge is 0.309 e. The molecule has 0 atom stereocenters. The number of hydrogen-bond donors (Lipinski definition) is 1. The molecule has 2 aromatic carbocycles. The Morgan fingerprint density at radius 1 is 1.17 bits per heavy atom. The molecule has 1 saturated heterocycles. The highest BCUT2D eigenvalue weighted by Crippen LogP contribution is 2.31. The summed E-state index contributed by atoms with van der Waals surface area (Å²) in [6.07, 6.45) is 1.04. The minimum absolute atomic E-state index is 0.0568. The second kappa shape index (κ2) is 9.18. The lowest BCUT2D eigenvalue weighted by atomic mass is 9.96. The molecule has 1 aliphatic heterocycles. The third-order valence-electron chi connectivity index (χ3n) is 4.89.